The van der Waals surface area contributed by atoms with Crippen LogP contribution in [-0.4, -0.2) is 27.0 Å². The van der Waals surface area contributed by atoms with Crippen molar-refractivity contribution in [3.05, 3.63) is 138 Å². The second-order valence-corrected chi connectivity index (χ2v) is 10.8. The number of H-pyrrole nitrogens is 2. The maximum atomic E-state index is 5.97. The Hall–Kier alpha value is -5.94. The second-order valence-electron chi connectivity index (χ2n) is 10.8. The lowest BCUT2D eigenvalue weighted by molar-refractivity contribution is 0.416. The van der Waals surface area contributed by atoms with E-state index >= 15 is 0 Å². The van der Waals surface area contributed by atoms with Gasteiger partial charge in [-0.05, 0) is 65.3 Å². The van der Waals surface area contributed by atoms with E-state index in [2.05, 4.69) is 119 Å². The van der Waals surface area contributed by atoms with Gasteiger partial charge in [0.05, 0.1) is 29.7 Å². The van der Waals surface area contributed by atoms with Gasteiger partial charge in [0, 0.05) is 33.2 Å². The fourth-order valence-corrected chi connectivity index (χ4v) is 6.12. The highest BCUT2D eigenvalue weighted by Gasteiger charge is 2.18. The Bertz CT molecular complexity index is 2210. The summed E-state index contributed by atoms with van der Waals surface area (Å²) >= 11 is 0. The summed E-state index contributed by atoms with van der Waals surface area (Å²) in [5.41, 5.74) is 13.5. The molecular formula is C39H28N4O. The van der Waals surface area contributed by atoms with Crippen molar-refractivity contribution in [1.82, 2.24) is 19.9 Å². The number of methoxy groups -OCH3 is 1. The fourth-order valence-electron chi connectivity index (χ4n) is 6.12. The maximum absolute atomic E-state index is 5.97. The highest BCUT2D eigenvalue weighted by Crippen LogP contribution is 2.37. The van der Waals surface area contributed by atoms with Gasteiger partial charge in [-0.2, -0.15) is 0 Å². The van der Waals surface area contributed by atoms with Crippen molar-refractivity contribution in [1.29, 1.82) is 0 Å². The van der Waals surface area contributed by atoms with Gasteiger partial charge in [0.1, 0.15) is 5.69 Å². The summed E-state index contributed by atoms with van der Waals surface area (Å²) in [5, 5.41) is 0. The van der Waals surface area contributed by atoms with E-state index in [1.165, 1.54) is 0 Å². The minimum Gasteiger partial charge on any atom is -0.492 e. The Balaban J connectivity index is 1.57. The van der Waals surface area contributed by atoms with Crippen LogP contribution in [0.15, 0.2) is 115 Å². The molecular weight excluding hydrogens is 540 g/mol. The number of fused-ring (bicyclic) bond motifs is 8. The summed E-state index contributed by atoms with van der Waals surface area (Å²) in [4.78, 5) is 17.8. The lowest BCUT2D eigenvalue weighted by atomic mass is 10.0. The summed E-state index contributed by atoms with van der Waals surface area (Å²) in [6.07, 6.45) is 8.30. The van der Waals surface area contributed by atoms with Gasteiger partial charge in [-0.3, -0.25) is 0 Å². The summed E-state index contributed by atoms with van der Waals surface area (Å²) in [6, 6.07) is 39.6. The average Bonchev–Trinajstić information content (AvgIpc) is 3.90. The lowest BCUT2D eigenvalue weighted by Gasteiger charge is -2.06. The molecule has 2 aliphatic heterocycles. The molecule has 0 spiro atoms. The van der Waals surface area contributed by atoms with Crippen LogP contribution >= 0.6 is 0 Å². The molecule has 0 unspecified atom stereocenters. The van der Waals surface area contributed by atoms with Crippen LogP contribution in [0.4, 0.5) is 0 Å². The summed E-state index contributed by atoms with van der Waals surface area (Å²) in [6.45, 7) is 0. The Labute approximate surface area is 254 Å². The van der Waals surface area contributed by atoms with Crippen LogP contribution in [-0.2, 0) is 0 Å². The van der Waals surface area contributed by atoms with Crippen LogP contribution in [0.25, 0.3) is 79.8 Å². The van der Waals surface area contributed by atoms with Gasteiger partial charge >= 0.3 is 0 Å². The van der Waals surface area contributed by atoms with E-state index in [9.17, 15) is 0 Å². The predicted molar refractivity (Wildman–Crippen MR) is 182 cm³/mol. The molecule has 0 amide bonds. The highest BCUT2D eigenvalue weighted by molar-refractivity contribution is 5.98. The van der Waals surface area contributed by atoms with Crippen LogP contribution in [0.5, 0.6) is 5.75 Å². The molecule has 0 aliphatic carbocycles. The summed E-state index contributed by atoms with van der Waals surface area (Å²) in [5.74, 6) is 0.678. The molecule has 0 saturated heterocycles. The first-order valence-electron chi connectivity index (χ1n) is 14.6. The van der Waals surface area contributed by atoms with Gasteiger partial charge in [-0.15, -0.1) is 0 Å². The molecule has 0 radical (unpaired) electrons. The molecule has 5 heteroatoms. The molecule has 0 fully saturated rings. The van der Waals surface area contributed by atoms with Gasteiger partial charge in [0.2, 0.25) is 0 Å². The number of ether oxygens (including phenoxy) is 1. The molecule has 44 heavy (non-hydrogen) atoms. The van der Waals surface area contributed by atoms with Gasteiger partial charge in [0.25, 0.3) is 0 Å². The van der Waals surface area contributed by atoms with Gasteiger partial charge in [-0.1, -0.05) is 91.0 Å². The lowest BCUT2D eigenvalue weighted by Crippen LogP contribution is -1.90. The molecule has 0 atom stereocenters. The fraction of sp³-hybridized carbons (Fsp3) is 0.0256. The van der Waals surface area contributed by atoms with Crippen molar-refractivity contribution in [2.24, 2.45) is 0 Å². The number of hydrogen-bond donors (Lipinski definition) is 2. The molecule has 6 aromatic rings. The normalized spacial score (nSPS) is 12.0. The Kier molecular flexibility index (Phi) is 6.27. The molecule has 2 aliphatic rings. The second kappa shape index (κ2) is 10.7. The van der Waals surface area contributed by atoms with Crippen molar-refractivity contribution < 1.29 is 4.74 Å². The number of nitrogens with one attached hydrogen (secondary N) is 2. The third-order valence-electron chi connectivity index (χ3n) is 8.10. The van der Waals surface area contributed by atoms with Crippen molar-refractivity contribution >= 4 is 46.4 Å². The van der Waals surface area contributed by atoms with Crippen molar-refractivity contribution in [3.63, 3.8) is 0 Å². The topological polar surface area (TPSA) is 66.6 Å². The predicted octanol–water partition coefficient (Wildman–Crippen LogP) is 9.67. The van der Waals surface area contributed by atoms with E-state index in [0.29, 0.717) is 5.75 Å². The molecule has 5 heterocycles. The van der Waals surface area contributed by atoms with E-state index in [-0.39, 0.29) is 0 Å². The summed E-state index contributed by atoms with van der Waals surface area (Å²) < 4.78 is 5.97. The number of aromatic amines is 2. The molecule has 8 rings (SSSR count). The standard InChI is InChI=1S/C39H28N4O/c1-44-39-34-23-21-32(42-34)37(26-13-7-3-8-14-26)30-19-17-28(40-30)36(25-11-5-2-6-12-25)29-18-20-31(41-29)38(27-15-9-4-10-16-27)33-22-24-35(39)43-33/h2-24,40,43H,1H3. The first-order chi connectivity index (χ1) is 21.8. The zero-order valence-corrected chi connectivity index (χ0v) is 24.1. The van der Waals surface area contributed by atoms with Gasteiger partial charge in [-0.25, -0.2) is 9.97 Å². The van der Waals surface area contributed by atoms with Crippen molar-refractivity contribution in [2.45, 2.75) is 0 Å². The minimum absolute atomic E-state index is 0.678. The maximum Gasteiger partial charge on any atom is 0.167 e. The molecule has 0 saturated carbocycles. The Morgan fingerprint density at radius 1 is 0.409 bits per heavy atom. The third-order valence-corrected chi connectivity index (χ3v) is 8.10. The van der Waals surface area contributed by atoms with Gasteiger partial charge < -0.3 is 14.7 Å². The molecule has 2 N–H and O–H groups in total. The average molecular weight is 569 g/mol. The van der Waals surface area contributed by atoms with Crippen LogP contribution < -0.4 is 4.74 Å². The van der Waals surface area contributed by atoms with Crippen LogP contribution in [0.1, 0.15) is 22.8 Å². The quantitative estimate of drug-likeness (QED) is 0.222. The van der Waals surface area contributed by atoms with Crippen LogP contribution in [0.2, 0.25) is 0 Å². The van der Waals surface area contributed by atoms with E-state index in [1.54, 1.807) is 7.11 Å². The summed E-state index contributed by atoms with van der Waals surface area (Å²) in [7, 11) is 1.69. The first-order valence-corrected chi connectivity index (χ1v) is 14.6. The molecule has 3 aromatic heterocycles. The Morgan fingerprint density at radius 3 is 1.16 bits per heavy atom. The molecule has 3 aromatic carbocycles. The van der Waals surface area contributed by atoms with E-state index < -0.39 is 0 Å². The molecule has 210 valence electrons. The molecule has 8 bridgehead atoms. The highest BCUT2D eigenvalue weighted by atomic mass is 16.5. The van der Waals surface area contributed by atoms with Crippen molar-refractivity contribution in [2.75, 3.05) is 7.11 Å². The first kappa shape index (κ1) is 25.7. The SMILES string of the molecule is COc1c2nc(c(-c3ccccc3)c3ccc([nH]3)c(-c3ccccc3)c3nc(c(-c4ccccc4)c4ccc1[nH]4)C=C3)C=C2. The van der Waals surface area contributed by atoms with Crippen LogP contribution in [0, 0.1) is 0 Å². The smallest absolute Gasteiger partial charge is 0.167 e. The zero-order valence-electron chi connectivity index (χ0n) is 24.1. The van der Waals surface area contributed by atoms with E-state index in [0.717, 1.165) is 78.2 Å². The van der Waals surface area contributed by atoms with Crippen molar-refractivity contribution in [3.8, 4) is 39.1 Å². The van der Waals surface area contributed by atoms with Crippen LogP contribution in [0.3, 0.4) is 0 Å². The van der Waals surface area contributed by atoms with Gasteiger partial charge in [0.15, 0.2) is 5.75 Å². The minimum atomic E-state index is 0.678. The number of rotatable bonds is 4. The number of benzene rings is 3. The zero-order chi connectivity index (χ0) is 29.5. The molecule has 5 nitrogen and oxygen atoms in total. The largest absolute Gasteiger partial charge is 0.492 e. The Morgan fingerprint density at radius 2 is 0.750 bits per heavy atom. The van der Waals surface area contributed by atoms with E-state index in [1.807, 2.05) is 30.3 Å². The number of nitrogens with zero attached hydrogens (tertiary/aromatic N) is 2. The number of aromatic nitrogens is 4. The van der Waals surface area contributed by atoms with E-state index in [4.69, 9.17) is 14.7 Å². The number of hydrogen-bond acceptors (Lipinski definition) is 3. The monoisotopic (exact) mass is 568 g/mol. The third kappa shape index (κ3) is 4.43.